The number of rotatable bonds is 8. The normalized spacial score (nSPS) is 10.2. The van der Waals surface area contributed by atoms with Gasteiger partial charge in [-0.25, -0.2) is 0 Å². The number of halogens is 2. The van der Waals surface area contributed by atoms with Gasteiger partial charge in [-0.05, 0) is 60.7 Å². The predicted molar refractivity (Wildman–Crippen MR) is 108 cm³/mol. The summed E-state index contributed by atoms with van der Waals surface area (Å²) in [4.78, 5) is 12.7. The van der Waals surface area contributed by atoms with Gasteiger partial charge in [0.2, 0.25) is 0 Å². The number of para-hydroxylation sites is 1. The minimum atomic E-state index is -2.89. The van der Waals surface area contributed by atoms with Crippen LogP contribution in [0.2, 0.25) is 0 Å². The van der Waals surface area contributed by atoms with E-state index in [0.717, 1.165) is 0 Å². The second-order valence-electron chi connectivity index (χ2n) is 6.00. The summed E-state index contributed by atoms with van der Waals surface area (Å²) in [6.45, 7) is -2.94. The van der Waals surface area contributed by atoms with Gasteiger partial charge in [0.1, 0.15) is 17.6 Å². The smallest absolute Gasteiger partial charge is 0.387 e. The lowest BCUT2D eigenvalue weighted by molar-refractivity contribution is -0.0498. The highest BCUT2D eigenvalue weighted by Gasteiger charge is 2.12. The number of carbonyl (C=O) groups excluding carboxylic acids is 1. The summed E-state index contributed by atoms with van der Waals surface area (Å²) in [6, 6.07) is 21.4. The number of amides is 1. The summed E-state index contributed by atoms with van der Waals surface area (Å²) < 4.78 is 34.0. The molecule has 0 aliphatic carbocycles. The minimum Gasteiger partial charge on any atom is -0.479 e. The van der Waals surface area contributed by atoms with Crippen molar-refractivity contribution in [2.45, 2.75) is 6.61 Å². The maximum absolute atomic E-state index is 12.7. The van der Waals surface area contributed by atoms with Gasteiger partial charge in [-0.2, -0.15) is 14.0 Å². The van der Waals surface area contributed by atoms with Crippen LogP contribution in [0.15, 0.2) is 72.8 Å². The van der Waals surface area contributed by atoms with Crippen molar-refractivity contribution in [3.63, 3.8) is 0 Å². The molecule has 0 saturated carbocycles. The Morgan fingerprint density at radius 2 is 1.57 bits per heavy atom. The molecule has 0 aliphatic heterocycles. The lowest BCUT2D eigenvalue weighted by Gasteiger charge is -2.13. The van der Waals surface area contributed by atoms with E-state index in [-0.39, 0.29) is 18.3 Å². The van der Waals surface area contributed by atoms with Gasteiger partial charge >= 0.3 is 6.61 Å². The fourth-order valence-corrected chi connectivity index (χ4v) is 2.61. The van der Waals surface area contributed by atoms with E-state index in [4.69, 9.17) is 10.00 Å². The van der Waals surface area contributed by atoms with Gasteiger partial charge in [-0.1, -0.05) is 12.1 Å². The van der Waals surface area contributed by atoms with Crippen molar-refractivity contribution in [2.75, 3.05) is 17.2 Å². The number of nitriles is 1. The maximum Gasteiger partial charge on any atom is 0.387 e. The fraction of sp³-hybridized carbons (Fsp3) is 0.0909. The summed E-state index contributed by atoms with van der Waals surface area (Å²) in [7, 11) is 0. The highest BCUT2D eigenvalue weighted by atomic mass is 19.3. The Morgan fingerprint density at radius 1 is 0.933 bits per heavy atom. The van der Waals surface area contributed by atoms with Gasteiger partial charge in [0, 0.05) is 11.4 Å². The fourth-order valence-electron chi connectivity index (χ4n) is 2.61. The molecule has 0 bridgehead atoms. The number of carbonyl (C=O) groups is 1. The minimum absolute atomic E-state index is 0.0452. The van der Waals surface area contributed by atoms with E-state index in [1.807, 2.05) is 6.07 Å². The molecule has 0 fully saturated rings. The van der Waals surface area contributed by atoms with Crippen LogP contribution in [0.1, 0.15) is 10.4 Å². The Hall–Kier alpha value is -4.12. The third-order valence-electron chi connectivity index (χ3n) is 3.95. The van der Waals surface area contributed by atoms with E-state index in [9.17, 15) is 13.6 Å². The molecule has 0 heterocycles. The highest BCUT2D eigenvalue weighted by Crippen LogP contribution is 2.25. The second-order valence-corrected chi connectivity index (χ2v) is 6.00. The van der Waals surface area contributed by atoms with Gasteiger partial charge in [-0.3, -0.25) is 4.79 Å². The average Bonchev–Trinajstić information content (AvgIpc) is 2.74. The van der Waals surface area contributed by atoms with E-state index in [0.29, 0.717) is 28.4 Å². The van der Waals surface area contributed by atoms with Crippen LogP contribution >= 0.6 is 0 Å². The van der Waals surface area contributed by atoms with Gasteiger partial charge in [0.15, 0.2) is 6.61 Å². The number of anilines is 3. The Morgan fingerprint density at radius 3 is 2.23 bits per heavy atom. The Bertz CT molecular complexity index is 1030. The van der Waals surface area contributed by atoms with Crippen LogP contribution in [0.3, 0.4) is 0 Å². The molecular weight excluding hydrogens is 392 g/mol. The number of nitrogens with one attached hydrogen (secondary N) is 2. The first-order chi connectivity index (χ1) is 14.5. The van der Waals surface area contributed by atoms with Crippen molar-refractivity contribution in [3.8, 4) is 17.6 Å². The Balaban J connectivity index is 1.70. The van der Waals surface area contributed by atoms with Gasteiger partial charge < -0.3 is 20.1 Å². The monoisotopic (exact) mass is 409 g/mol. The average molecular weight is 409 g/mol. The van der Waals surface area contributed by atoms with E-state index in [2.05, 4.69) is 15.4 Å². The van der Waals surface area contributed by atoms with Crippen molar-refractivity contribution >= 4 is 23.0 Å². The molecule has 1 amide bonds. The molecule has 2 N–H and O–H groups in total. The lowest BCUT2D eigenvalue weighted by Crippen LogP contribution is -2.13. The van der Waals surface area contributed by atoms with E-state index in [1.165, 1.54) is 12.1 Å². The first-order valence-electron chi connectivity index (χ1n) is 8.87. The molecule has 3 aromatic carbocycles. The molecule has 152 valence electrons. The highest BCUT2D eigenvalue weighted by molar-refractivity contribution is 6.08. The number of ether oxygens (including phenoxy) is 2. The third-order valence-corrected chi connectivity index (χ3v) is 3.95. The Labute approximate surface area is 171 Å². The van der Waals surface area contributed by atoms with Crippen molar-refractivity contribution in [1.29, 1.82) is 5.26 Å². The van der Waals surface area contributed by atoms with Crippen molar-refractivity contribution in [3.05, 3.63) is 78.4 Å². The number of alkyl halides is 2. The zero-order valence-electron chi connectivity index (χ0n) is 15.6. The van der Waals surface area contributed by atoms with E-state index in [1.54, 1.807) is 60.7 Å². The number of nitrogens with zero attached hydrogens (tertiary/aromatic N) is 1. The van der Waals surface area contributed by atoms with Crippen LogP contribution in [0.4, 0.5) is 25.8 Å². The summed E-state index contributed by atoms with van der Waals surface area (Å²) in [6.07, 6.45) is 0. The van der Waals surface area contributed by atoms with Crippen molar-refractivity contribution in [2.24, 2.45) is 0 Å². The van der Waals surface area contributed by atoms with Crippen LogP contribution in [0.25, 0.3) is 0 Å². The standard InChI is InChI=1S/C22H17F2N3O3/c23-22(24)30-18-11-7-15(8-12-18)26-20-4-2-1-3-19(20)21(28)27-16-5-9-17(10-6-16)29-14-13-25/h1-12,22,26H,14H2,(H,27,28). The summed E-state index contributed by atoms with van der Waals surface area (Å²) in [5, 5.41) is 14.4. The van der Waals surface area contributed by atoms with Crippen LogP contribution in [0.5, 0.6) is 11.5 Å². The molecule has 8 heteroatoms. The van der Waals surface area contributed by atoms with Gasteiger partial charge in [0.25, 0.3) is 5.91 Å². The lowest BCUT2D eigenvalue weighted by atomic mass is 10.1. The maximum atomic E-state index is 12.7. The van der Waals surface area contributed by atoms with Crippen molar-refractivity contribution < 1.29 is 23.0 Å². The molecule has 0 saturated heterocycles. The number of hydrogen-bond donors (Lipinski definition) is 2. The SMILES string of the molecule is N#CCOc1ccc(NC(=O)c2ccccc2Nc2ccc(OC(F)F)cc2)cc1. The zero-order chi connectivity index (χ0) is 21.3. The van der Waals surface area contributed by atoms with Gasteiger partial charge in [-0.15, -0.1) is 0 Å². The van der Waals surface area contributed by atoms with Crippen LogP contribution in [-0.2, 0) is 0 Å². The second kappa shape index (κ2) is 9.89. The Kier molecular flexibility index (Phi) is 6.79. The molecule has 6 nitrogen and oxygen atoms in total. The molecule has 0 spiro atoms. The topological polar surface area (TPSA) is 83.4 Å². The van der Waals surface area contributed by atoms with E-state index < -0.39 is 6.61 Å². The molecule has 0 aromatic heterocycles. The first-order valence-corrected chi connectivity index (χ1v) is 8.87. The molecule has 3 rings (SSSR count). The van der Waals surface area contributed by atoms with Crippen LogP contribution in [0, 0.1) is 11.3 Å². The molecular formula is C22H17F2N3O3. The molecule has 3 aromatic rings. The van der Waals surface area contributed by atoms with Crippen LogP contribution < -0.4 is 20.1 Å². The molecule has 0 unspecified atom stereocenters. The molecule has 0 atom stereocenters. The first kappa shape index (κ1) is 20.6. The van der Waals surface area contributed by atoms with Crippen LogP contribution in [-0.4, -0.2) is 19.1 Å². The summed E-state index contributed by atoms with van der Waals surface area (Å²) in [5.41, 5.74) is 2.12. The van der Waals surface area contributed by atoms with Gasteiger partial charge in [0.05, 0.1) is 11.3 Å². The zero-order valence-corrected chi connectivity index (χ0v) is 15.6. The molecule has 0 aliphatic rings. The van der Waals surface area contributed by atoms with Crippen molar-refractivity contribution in [1.82, 2.24) is 0 Å². The van der Waals surface area contributed by atoms with E-state index >= 15 is 0 Å². The summed E-state index contributed by atoms with van der Waals surface area (Å²) >= 11 is 0. The largest absolute Gasteiger partial charge is 0.479 e. The number of hydrogen-bond acceptors (Lipinski definition) is 5. The number of benzene rings is 3. The molecule has 0 radical (unpaired) electrons. The summed E-state index contributed by atoms with van der Waals surface area (Å²) in [5.74, 6) is 0.237. The quantitative estimate of drug-likeness (QED) is 0.535. The molecule has 30 heavy (non-hydrogen) atoms. The predicted octanol–water partition coefficient (Wildman–Crippen LogP) is 5.19. The third kappa shape index (κ3) is 5.69.